The Morgan fingerprint density at radius 1 is 1.28 bits per heavy atom. The van der Waals surface area contributed by atoms with Crippen LogP contribution in [0.5, 0.6) is 0 Å². The van der Waals surface area contributed by atoms with Gasteiger partial charge in [-0.3, -0.25) is 4.79 Å². The summed E-state index contributed by atoms with van der Waals surface area (Å²) >= 11 is 0. The third-order valence-electron chi connectivity index (χ3n) is 2.44. The highest BCUT2D eigenvalue weighted by molar-refractivity contribution is 5.85. The minimum absolute atomic E-state index is 0.0723. The molecule has 0 aliphatic heterocycles. The van der Waals surface area contributed by atoms with Crippen molar-refractivity contribution in [3.8, 4) is 0 Å². The summed E-state index contributed by atoms with van der Waals surface area (Å²) in [7, 11) is 2.56. The van der Waals surface area contributed by atoms with Crippen molar-refractivity contribution in [2.45, 2.75) is 19.4 Å². The molecule has 1 N–H and O–H groups in total. The molecule has 0 fully saturated rings. The number of ether oxygens (including phenoxy) is 2. The average molecular weight is 251 g/mol. The van der Waals surface area contributed by atoms with Gasteiger partial charge in [-0.05, 0) is 24.6 Å². The average Bonchev–Trinajstić information content (AvgIpc) is 2.36. The number of hydrogen-bond donors (Lipinski definition) is 1. The number of esters is 2. The number of benzene rings is 1. The van der Waals surface area contributed by atoms with E-state index in [0.717, 1.165) is 11.3 Å². The van der Waals surface area contributed by atoms with Crippen molar-refractivity contribution in [3.05, 3.63) is 29.8 Å². The first-order valence-electron chi connectivity index (χ1n) is 5.54. The molecular weight excluding hydrogens is 234 g/mol. The Bertz CT molecular complexity index is 431. The number of rotatable bonds is 5. The molecule has 0 aromatic heterocycles. The van der Waals surface area contributed by atoms with Crippen LogP contribution in [0.15, 0.2) is 24.3 Å². The number of nitrogens with one attached hydrogen (secondary N) is 1. The lowest BCUT2D eigenvalue weighted by molar-refractivity contribution is -0.148. The van der Waals surface area contributed by atoms with Crippen molar-refractivity contribution in [1.29, 1.82) is 0 Å². The maximum absolute atomic E-state index is 11.6. The molecule has 0 radical (unpaired) electrons. The third kappa shape index (κ3) is 4.08. The first kappa shape index (κ1) is 14.0. The van der Waals surface area contributed by atoms with Gasteiger partial charge in [0.05, 0.1) is 20.6 Å². The van der Waals surface area contributed by atoms with E-state index in [1.807, 2.05) is 31.2 Å². The summed E-state index contributed by atoms with van der Waals surface area (Å²) in [6.45, 7) is 1.94. The summed E-state index contributed by atoms with van der Waals surface area (Å²) in [6.07, 6.45) is -0.0723. The number of carbonyl (C=O) groups excluding carboxylic acids is 2. The maximum atomic E-state index is 11.6. The van der Waals surface area contributed by atoms with E-state index in [-0.39, 0.29) is 6.42 Å². The summed E-state index contributed by atoms with van der Waals surface area (Å²) in [5.74, 6) is -0.965. The molecule has 0 saturated heterocycles. The van der Waals surface area contributed by atoms with Crippen LogP contribution in [-0.4, -0.2) is 32.2 Å². The van der Waals surface area contributed by atoms with Gasteiger partial charge >= 0.3 is 11.9 Å². The predicted molar refractivity (Wildman–Crippen MR) is 67.2 cm³/mol. The van der Waals surface area contributed by atoms with Gasteiger partial charge in [0.15, 0.2) is 0 Å². The molecule has 1 aromatic carbocycles. The van der Waals surface area contributed by atoms with Gasteiger partial charge in [-0.1, -0.05) is 12.1 Å². The smallest absolute Gasteiger partial charge is 0.328 e. The number of aryl methyl sites for hydroxylation is 1. The lowest BCUT2D eigenvalue weighted by Crippen LogP contribution is -2.33. The van der Waals surface area contributed by atoms with Gasteiger partial charge in [-0.15, -0.1) is 0 Å². The van der Waals surface area contributed by atoms with Crippen LogP contribution < -0.4 is 5.32 Å². The summed E-state index contributed by atoms with van der Waals surface area (Å²) < 4.78 is 9.20. The zero-order valence-electron chi connectivity index (χ0n) is 10.7. The number of methoxy groups -OCH3 is 2. The Balaban J connectivity index is 2.78. The molecule has 0 spiro atoms. The van der Waals surface area contributed by atoms with Crippen molar-refractivity contribution >= 4 is 17.6 Å². The van der Waals surface area contributed by atoms with Crippen LogP contribution in [0.3, 0.4) is 0 Å². The van der Waals surface area contributed by atoms with Crippen molar-refractivity contribution < 1.29 is 19.1 Å². The van der Waals surface area contributed by atoms with Gasteiger partial charge in [0.25, 0.3) is 0 Å². The largest absolute Gasteiger partial charge is 0.469 e. The predicted octanol–water partition coefficient (Wildman–Crippen LogP) is 1.51. The summed E-state index contributed by atoms with van der Waals surface area (Å²) in [5, 5.41) is 2.96. The Labute approximate surface area is 106 Å². The van der Waals surface area contributed by atoms with Gasteiger partial charge in [0, 0.05) is 5.69 Å². The minimum Gasteiger partial charge on any atom is -0.469 e. The fourth-order valence-corrected chi connectivity index (χ4v) is 1.52. The lowest BCUT2D eigenvalue weighted by atomic mass is 10.1. The van der Waals surface area contributed by atoms with Gasteiger partial charge in [0.1, 0.15) is 6.04 Å². The standard InChI is InChI=1S/C13H17NO4/c1-9-5-4-6-10(7-9)14-11(13(16)18-3)8-12(15)17-2/h4-7,11,14H,8H2,1-3H3. The molecule has 1 unspecified atom stereocenters. The van der Waals surface area contributed by atoms with E-state index in [9.17, 15) is 9.59 Å². The topological polar surface area (TPSA) is 64.6 Å². The Hall–Kier alpha value is -2.04. The first-order chi connectivity index (χ1) is 8.56. The minimum atomic E-state index is -0.746. The number of anilines is 1. The molecule has 1 rings (SSSR count). The highest BCUT2D eigenvalue weighted by Gasteiger charge is 2.22. The molecule has 0 aliphatic carbocycles. The molecule has 1 atom stereocenters. The van der Waals surface area contributed by atoms with E-state index in [1.54, 1.807) is 0 Å². The van der Waals surface area contributed by atoms with Crippen LogP contribution in [0.2, 0.25) is 0 Å². The Morgan fingerprint density at radius 3 is 2.56 bits per heavy atom. The van der Waals surface area contributed by atoms with E-state index in [0.29, 0.717) is 0 Å². The van der Waals surface area contributed by atoms with Crippen LogP contribution in [0, 0.1) is 6.92 Å². The van der Waals surface area contributed by atoms with E-state index in [1.165, 1.54) is 14.2 Å². The van der Waals surface area contributed by atoms with Gasteiger partial charge in [-0.2, -0.15) is 0 Å². The molecular formula is C13H17NO4. The highest BCUT2D eigenvalue weighted by atomic mass is 16.5. The van der Waals surface area contributed by atoms with Crippen LogP contribution in [0.4, 0.5) is 5.69 Å². The molecule has 0 heterocycles. The molecule has 0 saturated carbocycles. The normalized spacial score (nSPS) is 11.5. The van der Waals surface area contributed by atoms with Gasteiger partial charge in [-0.25, -0.2) is 4.79 Å². The second kappa shape index (κ2) is 6.64. The summed E-state index contributed by atoms with van der Waals surface area (Å²) in [6, 6.07) is 6.76. The second-order valence-electron chi connectivity index (χ2n) is 3.87. The zero-order chi connectivity index (χ0) is 13.5. The molecule has 0 aliphatic rings. The molecule has 1 aromatic rings. The quantitative estimate of drug-likeness (QED) is 0.804. The monoisotopic (exact) mass is 251 g/mol. The molecule has 0 amide bonds. The lowest BCUT2D eigenvalue weighted by Gasteiger charge is -2.16. The fraction of sp³-hybridized carbons (Fsp3) is 0.385. The van der Waals surface area contributed by atoms with Gasteiger partial charge in [0.2, 0.25) is 0 Å². The van der Waals surface area contributed by atoms with E-state index >= 15 is 0 Å². The van der Waals surface area contributed by atoms with E-state index < -0.39 is 18.0 Å². The summed E-state index contributed by atoms with van der Waals surface area (Å²) in [4.78, 5) is 22.8. The van der Waals surface area contributed by atoms with Crippen LogP contribution in [0.25, 0.3) is 0 Å². The van der Waals surface area contributed by atoms with Crippen molar-refractivity contribution in [3.63, 3.8) is 0 Å². The highest BCUT2D eigenvalue weighted by Crippen LogP contribution is 2.13. The number of carbonyl (C=O) groups is 2. The number of hydrogen-bond acceptors (Lipinski definition) is 5. The second-order valence-corrected chi connectivity index (χ2v) is 3.87. The molecule has 5 nitrogen and oxygen atoms in total. The molecule has 98 valence electrons. The van der Waals surface area contributed by atoms with Crippen molar-refractivity contribution in [2.24, 2.45) is 0 Å². The molecule has 5 heteroatoms. The third-order valence-corrected chi connectivity index (χ3v) is 2.44. The molecule has 0 bridgehead atoms. The van der Waals surface area contributed by atoms with Gasteiger partial charge < -0.3 is 14.8 Å². The maximum Gasteiger partial charge on any atom is 0.328 e. The zero-order valence-corrected chi connectivity index (χ0v) is 10.7. The van der Waals surface area contributed by atoms with E-state index in [2.05, 4.69) is 14.8 Å². The van der Waals surface area contributed by atoms with Crippen LogP contribution in [0.1, 0.15) is 12.0 Å². The first-order valence-corrected chi connectivity index (χ1v) is 5.54. The summed E-state index contributed by atoms with van der Waals surface area (Å²) in [5.41, 5.74) is 1.82. The SMILES string of the molecule is COC(=O)CC(Nc1cccc(C)c1)C(=O)OC. The fourth-order valence-electron chi connectivity index (χ4n) is 1.52. The Morgan fingerprint density at radius 2 is 2.00 bits per heavy atom. The molecule has 18 heavy (non-hydrogen) atoms. The van der Waals surface area contributed by atoms with Crippen molar-refractivity contribution in [2.75, 3.05) is 19.5 Å². The Kier molecular flexibility index (Phi) is 5.17. The van der Waals surface area contributed by atoms with E-state index in [4.69, 9.17) is 0 Å². The van der Waals surface area contributed by atoms with Crippen molar-refractivity contribution in [1.82, 2.24) is 0 Å². The van der Waals surface area contributed by atoms with Crippen LogP contribution in [-0.2, 0) is 19.1 Å². The van der Waals surface area contributed by atoms with Crippen LogP contribution >= 0.6 is 0 Å².